The van der Waals surface area contributed by atoms with E-state index in [2.05, 4.69) is 4.85 Å². The van der Waals surface area contributed by atoms with Crippen LogP contribution in [0.5, 0.6) is 0 Å². The standard InChI is InChI=1S/C17H10Cl2F6N2/c1-26-15-3-2-13(7-14(15)17(23,24)25)27(9-16(20,21)22)8-10-4-11(18)6-12(19)5-10/h2-7H,8-9H2. The van der Waals surface area contributed by atoms with Gasteiger partial charge in [-0.1, -0.05) is 29.3 Å². The van der Waals surface area contributed by atoms with E-state index in [1.165, 1.54) is 18.2 Å². The van der Waals surface area contributed by atoms with Gasteiger partial charge in [0.1, 0.15) is 6.54 Å². The minimum atomic E-state index is -4.88. The van der Waals surface area contributed by atoms with Crippen LogP contribution in [0.1, 0.15) is 11.1 Å². The van der Waals surface area contributed by atoms with Crippen LogP contribution in [0.15, 0.2) is 36.4 Å². The van der Waals surface area contributed by atoms with E-state index in [4.69, 9.17) is 29.8 Å². The second kappa shape index (κ2) is 7.87. The monoisotopic (exact) mass is 426 g/mol. The van der Waals surface area contributed by atoms with Crippen LogP contribution < -0.4 is 4.90 Å². The molecule has 0 aliphatic rings. The van der Waals surface area contributed by atoms with Gasteiger partial charge in [-0.25, -0.2) is 4.85 Å². The summed E-state index contributed by atoms with van der Waals surface area (Å²) in [6.45, 7) is 4.94. The average Bonchev–Trinajstić information content (AvgIpc) is 2.50. The van der Waals surface area contributed by atoms with E-state index in [0.717, 1.165) is 12.1 Å². The van der Waals surface area contributed by atoms with E-state index in [1.54, 1.807) is 0 Å². The summed E-state index contributed by atoms with van der Waals surface area (Å²) in [7, 11) is 0. The molecule has 2 nitrogen and oxygen atoms in total. The van der Waals surface area contributed by atoms with E-state index < -0.39 is 30.1 Å². The highest BCUT2D eigenvalue weighted by Gasteiger charge is 2.35. The molecule has 0 bridgehead atoms. The molecule has 0 aliphatic heterocycles. The molecule has 0 radical (unpaired) electrons. The number of halogens is 8. The van der Waals surface area contributed by atoms with Crippen molar-refractivity contribution in [3.05, 3.63) is 69.0 Å². The first-order valence-electron chi connectivity index (χ1n) is 7.24. The molecule has 0 aromatic heterocycles. The third-order valence-corrected chi connectivity index (χ3v) is 3.87. The number of rotatable bonds is 4. The van der Waals surface area contributed by atoms with Crippen LogP contribution in [0.4, 0.5) is 37.7 Å². The lowest BCUT2D eigenvalue weighted by atomic mass is 10.1. The molecular formula is C17H10Cl2F6N2. The van der Waals surface area contributed by atoms with Crippen molar-refractivity contribution in [2.24, 2.45) is 0 Å². The van der Waals surface area contributed by atoms with E-state index in [1.807, 2.05) is 0 Å². The minimum Gasteiger partial charge on any atom is -0.358 e. The lowest BCUT2D eigenvalue weighted by Gasteiger charge is -2.27. The Hall–Kier alpha value is -2.11. The molecule has 10 heteroatoms. The number of hydrogen-bond donors (Lipinski definition) is 0. The van der Waals surface area contributed by atoms with Gasteiger partial charge in [0.2, 0.25) is 0 Å². The largest absolute Gasteiger partial charge is 0.407 e. The van der Waals surface area contributed by atoms with E-state index in [9.17, 15) is 26.3 Å². The van der Waals surface area contributed by atoms with Crippen molar-refractivity contribution >= 4 is 34.6 Å². The van der Waals surface area contributed by atoms with Crippen molar-refractivity contribution in [1.82, 2.24) is 0 Å². The predicted octanol–water partition coefficient (Wildman–Crippen LogP) is 7.13. The number of nitrogens with zero attached hydrogens (tertiary/aromatic N) is 2. The lowest BCUT2D eigenvalue weighted by molar-refractivity contribution is -0.136. The van der Waals surface area contributed by atoms with Crippen LogP contribution >= 0.6 is 23.2 Å². The molecule has 0 unspecified atom stereocenters. The summed E-state index contributed by atoms with van der Waals surface area (Å²) in [6.07, 6.45) is -9.54. The zero-order chi connectivity index (χ0) is 20.4. The quantitative estimate of drug-likeness (QED) is 0.372. The van der Waals surface area contributed by atoms with Gasteiger partial charge in [-0.2, -0.15) is 26.3 Å². The summed E-state index contributed by atoms with van der Waals surface area (Å²) >= 11 is 11.7. The van der Waals surface area contributed by atoms with Crippen molar-refractivity contribution in [2.45, 2.75) is 18.9 Å². The predicted molar refractivity (Wildman–Crippen MR) is 91.3 cm³/mol. The van der Waals surface area contributed by atoms with E-state index in [-0.39, 0.29) is 22.3 Å². The second-order valence-corrected chi connectivity index (χ2v) is 6.43. The van der Waals surface area contributed by atoms with Crippen molar-refractivity contribution in [2.75, 3.05) is 11.4 Å². The Labute approximate surface area is 160 Å². The Morgan fingerprint density at radius 2 is 1.52 bits per heavy atom. The fourth-order valence-electron chi connectivity index (χ4n) is 2.42. The first-order valence-corrected chi connectivity index (χ1v) is 8.00. The Morgan fingerprint density at radius 1 is 0.926 bits per heavy atom. The van der Waals surface area contributed by atoms with Crippen molar-refractivity contribution < 1.29 is 26.3 Å². The lowest BCUT2D eigenvalue weighted by Crippen LogP contribution is -2.34. The van der Waals surface area contributed by atoms with Crippen LogP contribution in [0, 0.1) is 6.57 Å². The van der Waals surface area contributed by atoms with E-state index in [0.29, 0.717) is 16.5 Å². The van der Waals surface area contributed by atoms with Crippen molar-refractivity contribution in [3.63, 3.8) is 0 Å². The molecule has 0 spiro atoms. The second-order valence-electron chi connectivity index (χ2n) is 5.56. The number of alkyl halides is 6. The highest BCUT2D eigenvalue weighted by Crippen LogP contribution is 2.39. The summed E-state index contributed by atoms with van der Waals surface area (Å²) in [5, 5.41) is 0.368. The number of hydrogen-bond acceptors (Lipinski definition) is 1. The SMILES string of the molecule is [C-]#[N+]c1ccc(N(Cc2cc(Cl)cc(Cl)c2)CC(F)(F)F)cc1C(F)(F)F. The van der Waals surface area contributed by atoms with Gasteiger partial charge in [0.05, 0.1) is 12.1 Å². The maximum absolute atomic E-state index is 13.1. The maximum atomic E-state index is 13.1. The van der Waals surface area contributed by atoms with Crippen LogP contribution in [-0.2, 0) is 12.7 Å². The summed E-state index contributed by atoms with van der Waals surface area (Å²) in [4.78, 5) is 3.49. The zero-order valence-electron chi connectivity index (χ0n) is 13.3. The molecule has 27 heavy (non-hydrogen) atoms. The normalized spacial score (nSPS) is 12.0. The van der Waals surface area contributed by atoms with Crippen LogP contribution in [0.2, 0.25) is 10.0 Å². The molecule has 0 heterocycles. The van der Waals surface area contributed by atoms with Crippen molar-refractivity contribution in [1.29, 1.82) is 0 Å². The van der Waals surface area contributed by atoms with Gasteiger partial charge >= 0.3 is 12.4 Å². The van der Waals surface area contributed by atoms with Gasteiger partial charge in [-0.3, -0.25) is 0 Å². The molecule has 144 valence electrons. The summed E-state index contributed by atoms with van der Waals surface area (Å²) in [5.74, 6) is 0. The first kappa shape index (κ1) is 21.2. The molecule has 0 atom stereocenters. The molecule has 0 N–H and O–H groups in total. The molecule has 0 fully saturated rings. The number of anilines is 1. The zero-order valence-corrected chi connectivity index (χ0v) is 14.8. The van der Waals surface area contributed by atoms with Crippen LogP contribution in [-0.4, -0.2) is 12.7 Å². The average molecular weight is 427 g/mol. The van der Waals surface area contributed by atoms with Gasteiger partial charge in [0.25, 0.3) is 0 Å². The fourth-order valence-corrected chi connectivity index (χ4v) is 2.99. The molecular weight excluding hydrogens is 417 g/mol. The summed E-state index contributed by atoms with van der Waals surface area (Å²) in [5.41, 5.74) is -2.03. The molecule has 0 saturated heterocycles. The van der Waals surface area contributed by atoms with Gasteiger partial charge in [0.15, 0.2) is 5.69 Å². The molecule has 0 saturated carbocycles. The third kappa shape index (κ3) is 5.94. The first-order chi connectivity index (χ1) is 12.4. The highest BCUT2D eigenvalue weighted by molar-refractivity contribution is 6.34. The molecule has 2 rings (SSSR count). The third-order valence-electron chi connectivity index (χ3n) is 3.44. The molecule has 2 aromatic rings. The Bertz CT molecular complexity index is 851. The van der Waals surface area contributed by atoms with Gasteiger partial charge < -0.3 is 4.90 Å². The number of benzene rings is 2. The van der Waals surface area contributed by atoms with E-state index >= 15 is 0 Å². The molecule has 0 aliphatic carbocycles. The topological polar surface area (TPSA) is 7.60 Å². The Morgan fingerprint density at radius 3 is 2.00 bits per heavy atom. The smallest absolute Gasteiger partial charge is 0.358 e. The van der Waals surface area contributed by atoms with Crippen molar-refractivity contribution in [3.8, 4) is 0 Å². The van der Waals surface area contributed by atoms with Crippen LogP contribution in [0.25, 0.3) is 4.85 Å². The summed E-state index contributed by atoms with van der Waals surface area (Å²) in [6, 6.07) is 6.54. The Kier molecular flexibility index (Phi) is 6.17. The Balaban J connectivity index is 2.49. The highest BCUT2D eigenvalue weighted by atomic mass is 35.5. The van der Waals surface area contributed by atoms with Gasteiger partial charge in [0, 0.05) is 22.3 Å². The molecule has 2 aromatic carbocycles. The van der Waals surface area contributed by atoms with Gasteiger partial charge in [-0.15, -0.1) is 0 Å². The maximum Gasteiger partial charge on any atom is 0.407 e. The fraction of sp³-hybridized carbons (Fsp3) is 0.235. The molecule has 0 amide bonds. The minimum absolute atomic E-state index is 0.184. The summed E-state index contributed by atoms with van der Waals surface area (Å²) < 4.78 is 78.3. The van der Waals surface area contributed by atoms with Gasteiger partial charge in [-0.05, 0) is 35.9 Å². The van der Waals surface area contributed by atoms with Crippen LogP contribution in [0.3, 0.4) is 0 Å².